The molecule has 1 aliphatic rings. The molecule has 2 N–H and O–H groups in total. The molecular formula is C14H19ClN2O3S. The summed E-state index contributed by atoms with van der Waals surface area (Å²) in [4.78, 5) is 11.8. The predicted octanol–water partition coefficient (Wildman–Crippen LogP) is 0.775. The highest BCUT2D eigenvalue weighted by molar-refractivity contribution is 7.91. The summed E-state index contributed by atoms with van der Waals surface area (Å²) in [5, 5.41) is 6.57. The van der Waals surface area contributed by atoms with E-state index in [0.717, 1.165) is 12.0 Å². The van der Waals surface area contributed by atoms with Gasteiger partial charge in [-0.15, -0.1) is 0 Å². The first-order valence-electron chi connectivity index (χ1n) is 6.89. The number of carbonyl (C=O) groups is 1. The van der Waals surface area contributed by atoms with Crippen LogP contribution in [0.5, 0.6) is 0 Å². The highest BCUT2D eigenvalue weighted by atomic mass is 35.5. The SMILES string of the molecule is O=C(CC1CS(=O)(=O)CCN1)NCCc1ccc(Cl)cc1. The first-order chi connectivity index (χ1) is 9.94. The predicted molar refractivity (Wildman–Crippen MR) is 83.2 cm³/mol. The molecule has 0 aromatic heterocycles. The van der Waals surface area contributed by atoms with Crippen molar-refractivity contribution in [3.63, 3.8) is 0 Å². The average molecular weight is 331 g/mol. The largest absolute Gasteiger partial charge is 0.356 e. The molecule has 1 saturated heterocycles. The Labute approximate surface area is 130 Å². The fourth-order valence-electron chi connectivity index (χ4n) is 2.29. The number of rotatable bonds is 5. The van der Waals surface area contributed by atoms with Crippen molar-refractivity contribution >= 4 is 27.3 Å². The van der Waals surface area contributed by atoms with Gasteiger partial charge in [-0.3, -0.25) is 4.79 Å². The van der Waals surface area contributed by atoms with Crippen molar-refractivity contribution < 1.29 is 13.2 Å². The lowest BCUT2D eigenvalue weighted by molar-refractivity contribution is -0.121. The van der Waals surface area contributed by atoms with Gasteiger partial charge in [0.05, 0.1) is 11.5 Å². The molecule has 1 amide bonds. The number of benzene rings is 1. The Hall–Kier alpha value is -1.11. The van der Waals surface area contributed by atoms with E-state index < -0.39 is 9.84 Å². The van der Waals surface area contributed by atoms with Crippen LogP contribution in [0.3, 0.4) is 0 Å². The highest BCUT2D eigenvalue weighted by Gasteiger charge is 2.25. The van der Waals surface area contributed by atoms with Gasteiger partial charge in [-0.25, -0.2) is 8.42 Å². The van der Waals surface area contributed by atoms with Crippen molar-refractivity contribution in [3.8, 4) is 0 Å². The van der Waals surface area contributed by atoms with E-state index in [9.17, 15) is 13.2 Å². The molecule has 1 unspecified atom stereocenters. The Morgan fingerprint density at radius 2 is 2.05 bits per heavy atom. The van der Waals surface area contributed by atoms with Crippen LogP contribution in [-0.2, 0) is 21.1 Å². The van der Waals surface area contributed by atoms with Gasteiger partial charge in [0.1, 0.15) is 0 Å². The summed E-state index contributed by atoms with van der Waals surface area (Å²) in [6, 6.07) is 7.19. The van der Waals surface area contributed by atoms with E-state index in [-0.39, 0.29) is 29.9 Å². The molecule has 0 radical (unpaired) electrons. The molecule has 1 aromatic rings. The Morgan fingerprint density at radius 1 is 1.33 bits per heavy atom. The second-order valence-corrected chi connectivity index (χ2v) is 7.86. The standard InChI is InChI=1S/C14H19ClN2O3S/c15-12-3-1-11(2-4-12)5-6-17-14(18)9-13-10-21(19,20)8-7-16-13/h1-4,13,16H,5-10H2,(H,17,18). The second-order valence-electron chi connectivity index (χ2n) is 5.20. The van der Waals surface area contributed by atoms with Crippen molar-refractivity contribution in [2.75, 3.05) is 24.6 Å². The third-order valence-electron chi connectivity index (χ3n) is 3.38. The van der Waals surface area contributed by atoms with Crippen LogP contribution in [-0.4, -0.2) is 45.0 Å². The molecule has 1 aliphatic heterocycles. The first kappa shape index (κ1) is 16.3. The van der Waals surface area contributed by atoms with Gasteiger partial charge in [0.25, 0.3) is 0 Å². The molecule has 5 nitrogen and oxygen atoms in total. The zero-order valence-corrected chi connectivity index (χ0v) is 13.2. The van der Waals surface area contributed by atoms with Gasteiger partial charge in [0, 0.05) is 30.6 Å². The molecule has 0 aliphatic carbocycles. The summed E-state index contributed by atoms with van der Waals surface area (Å²) in [7, 11) is -3.00. The maximum atomic E-state index is 11.8. The molecular weight excluding hydrogens is 312 g/mol. The van der Waals surface area contributed by atoms with E-state index in [1.807, 2.05) is 24.3 Å². The van der Waals surface area contributed by atoms with E-state index in [4.69, 9.17) is 11.6 Å². The van der Waals surface area contributed by atoms with Gasteiger partial charge in [0.15, 0.2) is 9.84 Å². The number of amides is 1. The van der Waals surface area contributed by atoms with Crippen LogP contribution in [0.25, 0.3) is 0 Å². The van der Waals surface area contributed by atoms with Crippen molar-refractivity contribution in [1.82, 2.24) is 10.6 Å². The number of nitrogens with one attached hydrogen (secondary N) is 2. The van der Waals surface area contributed by atoms with Crippen LogP contribution >= 0.6 is 11.6 Å². The normalized spacial score (nSPS) is 20.9. The summed E-state index contributed by atoms with van der Waals surface area (Å²) < 4.78 is 23.0. The molecule has 21 heavy (non-hydrogen) atoms. The third-order valence-corrected chi connectivity index (χ3v) is 5.37. The van der Waals surface area contributed by atoms with E-state index in [0.29, 0.717) is 18.1 Å². The Morgan fingerprint density at radius 3 is 2.71 bits per heavy atom. The van der Waals surface area contributed by atoms with Crippen molar-refractivity contribution in [3.05, 3.63) is 34.9 Å². The topological polar surface area (TPSA) is 75.3 Å². The molecule has 2 rings (SSSR count). The monoisotopic (exact) mass is 330 g/mol. The lowest BCUT2D eigenvalue weighted by atomic mass is 10.1. The Kier molecular flexibility index (Phi) is 5.61. The van der Waals surface area contributed by atoms with Crippen molar-refractivity contribution in [1.29, 1.82) is 0 Å². The van der Waals surface area contributed by atoms with Gasteiger partial charge in [-0.2, -0.15) is 0 Å². The van der Waals surface area contributed by atoms with E-state index in [1.165, 1.54) is 0 Å². The number of hydrogen-bond donors (Lipinski definition) is 2. The van der Waals surface area contributed by atoms with Gasteiger partial charge in [-0.05, 0) is 24.1 Å². The van der Waals surface area contributed by atoms with Crippen LogP contribution in [0, 0.1) is 0 Å². The lowest BCUT2D eigenvalue weighted by Gasteiger charge is -2.23. The molecule has 0 bridgehead atoms. The van der Waals surface area contributed by atoms with Gasteiger partial charge < -0.3 is 10.6 Å². The van der Waals surface area contributed by atoms with Crippen LogP contribution in [0.2, 0.25) is 5.02 Å². The molecule has 116 valence electrons. The number of halogens is 1. The van der Waals surface area contributed by atoms with Crippen LogP contribution in [0.4, 0.5) is 0 Å². The van der Waals surface area contributed by atoms with Gasteiger partial charge >= 0.3 is 0 Å². The van der Waals surface area contributed by atoms with Crippen molar-refractivity contribution in [2.45, 2.75) is 18.9 Å². The summed E-state index contributed by atoms with van der Waals surface area (Å²) in [6.07, 6.45) is 0.916. The zero-order valence-electron chi connectivity index (χ0n) is 11.6. The highest BCUT2D eigenvalue weighted by Crippen LogP contribution is 2.09. The van der Waals surface area contributed by atoms with Crippen molar-refractivity contribution in [2.24, 2.45) is 0 Å². The van der Waals surface area contributed by atoms with E-state index in [2.05, 4.69) is 10.6 Å². The molecule has 7 heteroatoms. The number of hydrogen-bond acceptors (Lipinski definition) is 4. The lowest BCUT2D eigenvalue weighted by Crippen LogP contribution is -2.47. The minimum absolute atomic E-state index is 0.0393. The second kappa shape index (κ2) is 7.24. The molecule has 1 heterocycles. The van der Waals surface area contributed by atoms with E-state index in [1.54, 1.807) is 0 Å². The van der Waals surface area contributed by atoms with Gasteiger partial charge in [-0.1, -0.05) is 23.7 Å². The fraction of sp³-hybridized carbons (Fsp3) is 0.500. The van der Waals surface area contributed by atoms with E-state index >= 15 is 0 Å². The maximum Gasteiger partial charge on any atom is 0.221 e. The number of sulfone groups is 1. The van der Waals surface area contributed by atoms with Gasteiger partial charge in [0.2, 0.25) is 5.91 Å². The van der Waals surface area contributed by atoms with Crippen LogP contribution in [0.15, 0.2) is 24.3 Å². The quantitative estimate of drug-likeness (QED) is 0.836. The minimum Gasteiger partial charge on any atom is -0.356 e. The number of carbonyl (C=O) groups excluding carboxylic acids is 1. The molecule has 1 fully saturated rings. The summed E-state index contributed by atoms with van der Waals surface area (Å²) in [5.41, 5.74) is 1.10. The zero-order chi connectivity index (χ0) is 15.3. The molecule has 1 atom stereocenters. The molecule has 0 saturated carbocycles. The Bertz CT molecular complexity index is 587. The third kappa shape index (κ3) is 5.65. The molecule has 0 spiro atoms. The molecule has 1 aromatic carbocycles. The maximum absolute atomic E-state index is 11.8. The first-order valence-corrected chi connectivity index (χ1v) is 9.09. The van der Waals surface area contributed by atoms with Crippen LogP contribution < -0.4 is 10.6 Å². The summed E-state index contributed by atoms with van der Waals surface area (Å²) in [6.45, 7) is 0.949. The van der Waals surface area contributed by atoms with Crippen LogP contribution in [0.1, 0.15) is 12.0 Å². The fourth-order valence-corrected chi connectivity index (χ4v) is 3.86. The minimum atomic E-state index is -3.00. The summed E-state index contributed by atoms with van der Waals surface area (Å²) >= 11 is 5.80. The summed E-state index contributed by atoms with van der Waals surface area (Å²) in [5.74, 6) is 0.0674. The smallest absolute Gasteiger partial charge is 0.221 e. The average Bonchev–Trinajstić information content (AvgIpc) is 2.40. The Balaban J connectivity index is 1.71.